The van der Waals surface area contributed by atoms with Gasteiger partial charge in [-0.15, -0.1) is 0 Å². The van der Waals surface area contributed by atoms with Gasteiger partial charge < -0.3 is 15.2 Å². The molecule has 2 aromatic rings. The first-order chi connectivity index (χ1) is 12.4. The van der Waals surface area contributed by atoms with Gasteiger partial charge in [0.1, 0.15) is 0 Å². The highest BCUT2D eigenvalue weighted by Crippen LogP contribution is 2.33. The monoisotopic (exact) mass is 375 g/mol. The molecule has 0 aromatic heterocycles. The van der Waals surface area contributed by atoms with E-state index in [4.69, 9.17) is 15.2 Å². The summed E-state index contributed by atoms with van der Waals surface area (Å²) in [6.45, 7) is 0.372. The molecule has 8 heteroatoms. The zero-order valence-corrected chi connectivity index (χ0v) is 15.1. The van der Waals surface area contributed by atoms with E-state index in [1.807, 2.05) is 24.3 Å². The maximum atomic E-state index is 13.0. The van der Waals surface area contributed by atoms with Crippen LogP contribution in [0, 0.1) is 0 Å². The first-order valence-electron chi connectivity index (χ1n) is 8.58. The Morgan fingerprint density at radius 2 is 1.54 bits per heavy atom. The first-order valence-corrected chi connectivity index (χ1v) is 10.0. The number of hydrogen-bond acceptors (Lipinski definition) is 5. The van der Waals surface area contributed by atoms with Gasteiger partial charge in [0.15, 0.2) is 0 Å². The fraction of sp³-hybridized carbons (Fsp3) is 0.333. The molecule has 0 heterocycles. The van der Waals surface area contributed by atoms with Gasteiger partial charge in [-0.3, -0.25) is 0 Å². The molecule has 0 saturated heterocycles. The molecule has 3 N–H and O–H groups in total. The van der Waals surface area contributed by atoms with Crippen molar-refractivity contribution in [3.05, 3.63) is 59.7 Å². The summed E-state index contributed by atoms with van der Waals surface area (Å²) >= 11 is 0. The van der Waals surface area contributed by atoms with Crippen LogP contribution < -0.4 is 5.46 Å². The zero-order chi connectivity index (χ0) is 18.7. The van der Waals surface area contributed by atoms with E-state index in [-0.39, 0.29) is 29.6 Å². The lowest BCUT2D eigenvalue weighted by Gasteiger charge is -2.22. The Balaban J connectivity index is 1.82. The molecule has 0 aliphatic heterocycles. The van der Waals surface area contributed by atoms with Crippen LogP contribution >= 0.6 is 0 Å². The van der Waals surface area contributed by atoms with Crippen LogP contribution in [-0.4, -0.2) is 47.6 Å². The second-order valence-corrected chi connectivity index (χ2v) is 8.40. The minimum absolute atomic E-state index is 0.000210. The molecule has 0 unspecified atom stereocenters. The molecular weight excluding hydrogens is 353 g/mol. The lowest BCUT2D eigenvalue weighted by Crippen LogP contribution is -2.34. The number of hydrogen-bond donors (Lipinski definition) is 3. The number of sulfonamides is 1. The summed E-state index contributed by atoms with van der Waals surface area (Å²) in [6, 6.07) is 13.2. The summed E-state index contributed by atoms with van der Waals surface area (Å²) in [5.74, 6) is 0. The number of aliphatic hydroxyl groups excluding tert-OH is 1. The van der Waals surface area contributed by atoms with Crippen LogP contribution in [-0.2, 0) is 23.0 Å². The Kier molecular flexibility index (Phi) is 5.79. The molecule has 0 atom stereocenters. The summed E-state index contributed by atoms with van der Waals surface area (Å²) in [6.07, 6.45) is 2.26. The van der Waals surface area contributed by atoms with Crippen LogP contribution in [0.2, 0.25) is 0 Å². The normalized spacial score (nSPS) is 14.6. The van der Waals surface area contributed by atoms with E-state index in [9.17, 15) is 8.42 Å². The predicted octanol–water partition coefficient (Wildman–Crippen LogP) is 0.254. The minimum Gasteiger partial charge on any atom is -0.423 e. The zero-order valence-electron chi connectivity index (χ0n) is 14.3. The summed E-state index contributed by atoms with van der Waals surface area (Å²) in [4.78, 5) is 0.144. The van der Waals surface area contributed by atoms with E-state index in [2.05, 4.69) is 0 Å². The van der Waals surface area contributed by atoms with Gasteiger partial charge >= 0.3 is 7.12 Å². The predicted molar refractivity (Wildman–Crippen MR) is 99.3 cm³/mol. The molecule has 2 aromatic carbocycles. The molecule has 1 saturated carbocycles. The van der Waals surface area contributed by atoms with E-state index < -0.39 is 17.1 Å². The average Bonchev–Trinajstić information content (AvgIpc) is 3.46. The van der Waals surface area contributed by atoms with Crippen LogP contribution in [0.5, 0.6) is 0 Å². The van der Waals surface area contributed by atoms with Gasteiger partial charge in [-0.25, -0.2) is 8.42 Å². The highest BCUT2D eigenvalue weighted by molar-refractivity contribution is 7.89. The van der Waals surface area contributed by atoms with Gasteiger partial charge in [-0.1, -0.05) is 36.4 Å². The molecule has 6 nitrogen and oxygen atoms in total. The van der Waals surface area contributed by atoms with Crippen molar-refractivity contribution < 1.29 is 23.6 Å². The number of nitrogens with zero attached hydrogens (tertiary/aromatic N) is 1. The molecule has 0 spiro atoms. The van der Waals surface area contributed by atoms with E-state index in [1.165, 1.54) is 28.6 Å². The fourth-order valence-electron chi connectivity index (χ4n) is 2.84. The van der Waals surface area contributed by atoms with Crippen molar-refractivity contribution in [3.63, 3.8) is 0 Å². The van der Waals surface area contributed by atoms with E-state index in [1.54, 1.807) is 0 Å². The summed E-state index contributed by atoms with van der Waals surface area (Å²) in [7, 11) is -5.29. The third-order valence-corrected chi connectivity index (χ3v) is 6.41. The van der Waals surface area contributed by atoms with Crippen molar-refractivity contribution in [2.45, 2.75) is 36.7 Å². The van der Waals surface area contributed by atoms with E-state index >= 15 is 0 Å². The van der Waals surface area contributed by atoms with Crippen molar-refractivity contribution in [2.75, 3.05) is 6.61 Å². The van der Waals surface area contributed by atoms with Gasteiger partial charge in [0.05, 0.1) is 4.90 Å². The van der Waals surface area contributed by atoms with Crippen molar-refractivity contribution in [1.82, 2.24) is 4.31 Å². The highest BCUT2D eigenvalue weighted by Gasteiger charge is 2.38. The standard InChI is InChI=1S/C18H22BNO5S/c21-12-11-14-1-3-15(4-2-14)13-20(17-7-8-17)26(24,25)18-9-5-16(6-10-18)19(22)23/h1-6,9-10,17,21-23H,7-8,11-13H2. The maximum Gasteiger partial charge on any atom is 0.488 e. The van der Waals surface area contributed by atoms with Crippen molar-refractivity contribution in [1.29, 1.82) is 0 Å². The summed E-state index contributed by atoms with van der Waals surface area (Å²) in [5, 5.41) is 27.3. The van der Waals surface area contributed by atoms with Crippen molar-refractivity contribution >= 4 is 22.6 Å². The Morgan fingerprint density at radius 1 is 0.962 bits per heavy atom. The molecule has 0 amide bonds. The molecule has 1 aliphatic rings. The second-order valence-electron chi connectivity index (χ2n) is 6.51. The third kappa shape index (κ3) is 4.33. The SMILES string of the molecule is O=S(=O)(c1ccc(B(O)O)cc1)N(Cc1ccc(CCO)cc1)C1CC1. The minimum atomic E-state index is -3.67. The second kappa shape index (κ2) is 7.90. The molecule has 1 fully saturated rings. The van der Waals surface area contributed by atoms with Gasteiger partial charge in [0.25, 0.3) is 0 Å². The molecule has 0 radical (unpaired) electrons. The lowest BCUT2D eigenvalue weighted by molar-refractivity contribution is 0.299. The van der Waals surface area contributed by atoms with E-state index in [0.29, 0.717) is 6.42 Å². The van der Waals surface area contributed by atoms with Crippen LogP contribution in [0.4, 0.5) is 0 Å². The first kappa shape index (κ1) is 19.1. The summed E-state index contributed by atoms with van der Waals surface area (Å²) < 4.78 is 27.6. The van der Waals surface area contributed by atoms with Crippen LogP contribution in [0.3, 0.4) is 0 Å². The Bertz CT molecular complexity index is 833. The Morgan fingerprint density at radius 3 is 2.04 bits per heavy atom. The molecule has 1 aliphatic carbocycles. The maximum absolute atomic E-state index is 13.0. The van der Waals surface area contributed by atoms with Crippen molar-refractivity contribution in [3.8, 4) is 0 Å². The smallest absolute Gasteiger partial charge is 0.423 e. The average molecular weight is 375 g/mol. The number of rotatable bonds is 8. The molecule has 138 valence electrons. The van der Waals surface area contributed by atoms with Crippen molar-refractivity contribution in [2.24, 2.45) is 0 Å². The van der Waals surface area contributed by atoms with E-state index in [0.717, 1.165) is 24.0 Å². The molecule has 3 rings (SSSR count). The highest BCUT2D eigenvalue weighted by atomic mass is 32.2. The van der Waals surface area contributed by atoms with Gasteiger partial charge in [0, 0.05) is 19.2 Å². The molecule has 0 bridgehead atoms. The lowest BCUT2D eigenvalue weighted by atomic mass is 9.81. The summed E-state index contributed by atoms with van der Waals surface area (Å²) in [5.41, 5.74) is 2.15. The quantitative estimate of drug-likeness (QED) is 0.575. The largest absolute Gasteiger partial charge is 0.488 e. The van der Waals surface area contributed by atoms with Crippen LogP contribution in [0.25, 0.3) is 0 Å². The Hall–Kier alpha value is -1.71. The third-order valence-electron chi connectivity index (χ3n) is 4.50. The molecule has 26 heavy (non-hydrogen) atoms. The molecular formula is C18H22BNO5S. The van der Waals surface area contributed by atoms with Gasteiger partial charge in [-0.2, -0.15) is 4.31 Å². The Labute approximate surface area is 153 Å². The number of aliphatic hydroxyl groups is 1. The van der Waals surface area contributed by atoms with Gasteiger partial charge in [0.2, 0.25) is 10.0 Å². The van der Waals surface area contributed by atoms with Crippen LogP contribution in [0.15, 0.2) is 53.4 Å². The topological polar surface area (TPSA) is 98.1 Å². The van der Waals surface area contributed by atoms with Crippen LogP contribution in [0.1, 0.15) is 24.0 Å². The fourth-order valence-corrected chi connectivity index (χ4v) is 4.51. The number of benzene rings is 2. The van der Waals surface area contributed by atoms with Gasteiger partial charge in [-0.05, 0) is 48.0 Å².